The van der Waals surface area contributed by atoms with Crippen LogP contribution in [0.4, 0.5) is 0 Å². The van der Waals surface area contributed by atoms with Crippen LogP contribution in [0.2, 0.25) is 0 Å². The minimum atomic E-state index is 0.285. The van der Waals surface area contributed by atoms with Crippen LogP contribution in [-0.2, 0) is 126 Å². The summed E-state index contributed by atoms with van der Waals surface area (Å²) in [7, 11) is 11.8. The average Bonchev–Trinajstić information content (AvgIpc) is 3.67. The maximum absolute atomic E-state index is 6.57. The third kappa shape index (κ3) is 18.8. The molecule has 0 saturated heterocycles. The minimum Gasteiger partial charge on any atom is -0.496 e. The minimum absolute atomic E-state index is 0.285. The molecule has 0 fully saturated rings. The smallest absolute Gasteiger partial charge is 0.129 e. The van der Waals surface area contributed by atoms with Gasteiger partial charge in [-0.2, -0.15) is 0 Å². The Labute approximate surface area is 567 Å². The average molecular weight is 1370 g/mol. The van der Waals surface area contributed by atoms with Crippen LogP contribution in [0.1, 0.15) is 77.9 Å². The molecule has 0 radical (unpaired) electrons. The van der Waals surface area contributed by atoms with E-state index in [2.05, 4.69) is 129 Å². The van der Waals surface area contributed by atoms with Gasteiger partial charge in [0.15, 0.2) is 0 Å². The van der Waals surface area contributed by atoms with Crippen LogP contribution in [0.25, 0.3) is 0 Å². The van der Waals surface area contributed by atoms with Gasteiger partial charge in [-0.1, -0.05) is 0 Å². The molecule has 0 amide bonds. The second kappa shape index (κ2) is 36.8. The van der Waals surface area contributed by atoms with Crippen molar-refractivity contribution in [3.63, 3.8) is 0 Å². The zero-order valence-corrected chi connectivity index (χ0v) is 60.3. The normalized spacial score (nSPS) is 14.3. The SMILES string of the molecule is COc1c2cc(SC)cc1COCc1cc(SC)cc(c1OC)COCc1cc(SC)cc(c1OC)COCc1cc(SC)cc(c1OC)COCc1cc(SC)cc(c1OC)COCc1cc(SC)cc(c1OC)COCc1cc(SC)cc(c1OC)COC2. The van der Waals surface area contributed by atoms with Gasteiger partial charge in [-0.3, -0.25) is 0 Å². The van der Waals surface area contributed by atoms with Crippen LogP contribution in [-0.4, -0.2) is 93.6 Å². The molecule has 1 aliphatic heterocycles. The molecule has 8 rings (SSSR count). The van der Waals surface area contributed by atoms with E-state index < -0.39 is 0 Å². The lowest BCUT2D eigenvalue weighted by molar-refractivity contribution is 0.0924. The molecule has 7 aromatic carbocycles. The monoisotopic (exact) mass is 1370 g/mol. The number of benzene rings is 7. The Morgan fingerprint density at radius 3 is 0.341 bits per heavy atom. The molecule has 490 valence electrons. The van der Waals surface area contributed by atoms with Gasteiger partial charge >= 0.3 is 0 Å². The van der Waals surface area contributed by atoms with Crippen molar-refractivity contribution in [1.29, 1.82) is 0 Å². The van der Waals surface area contributed by atoms with E-state index in [0.29, 0.717) is 40.2 Å². The predicted octanol–water partition coefficient (Wildman–Crippen LogP) is 17.1. The fraction of sp³-hybridized carbons (Fsp3) is 0.400. The molecule has 0 N–H and O–H groups in total. The molecule has 0 unspecified atom stereocenters. The topological polar surface area (TPSA) is 129 Å². The number of fused-ring (bicyclic) bond motifs is 14. The number of methoxy groups -OCH3 is 7. The van der Waals surface area contributed by atoms with Crippen molar-refractivity contribution in [1.82, 2.24) is 0 Å². The molecule has 0 aromatic heterocycles. The van der Waals surface area contributed by atoms with Crippen molar-refractivity contribution in [3.8, 4) is 40.2 Å². The summed E-state index contributed by atoms with van der Waals surface area (Å²) in [4.78, 5) is 7.44. The predicted molar refractivity (Wildman–Crippen MR) is 373 cm³/mol. The summed E-state index contributed by atoms with van der Waals surface area (Å²) >= 11 is 11.6. The van der Waals surface area contributed by atoms with Gasteiger partial charge in [-0.15, -0.1) is 82.3 Å². The summed E-state index contributed by atoms with van der Waals surface area (Å²) in [5, 5.41) is 0. The molecule has 0 saturated carbocycles. The van der Waals surface area contributed by atoms with Crippen molar-refractivity contribution in [2.75, 3.05) is 93.6 Å². The Hall–Kier alpha value is -4.69. The maximum Gasteiger partial charge on any atom is 0.129 e. The summed E-state index contributed by atoms with van der Waals surface area (Å²) in [5.74, 6) is 4.98. The number of hydrogen-bond acceptors (Lipinski definition) is 21. The molecule has 1 aliphatic rings. The lowest BCUT2D eigenvalue weighted by Gasteiger charge is -2.20. The van der Waals surface area contributed by atoms with Crippen molar-refractivity contribution in [2.24, 2.45) is 0 Å². The zero-order chi connectivity index (χ0) is 64.8. The highest BCUT2D eigenvalue weighted by atomic mass is 32.2. The third-order valence-corrected chi connectivity index (χ3v) is 20.1. The Morgan fingerprint density at radius 1 is 0.187 bits per heavy atom. The molecule has 91 heavy (non-hydrogen) atoms. The quantitative estimate of drug-likeness (QED) is 0.0957. The first kappa shape index (κ1) is 72.1. The van der Waals surface area contributed by atoms with Gasteiger partial charge in [-0.25, -0.2) is 0 Å². The van der Waals surface area contributed by atoms with Crippen LogP contribution in [0, 0.1) is 0 Å². The van der Waals surface area contributed by atoms with Crippen LogP contribution < -0.4 is 33.2 Å². The van der Waals surface area contributed by atoms with Crippen molar-refractivity contribution in [2.45, 2.75) is 127 Å². The van der Waals surface area contributed by atoms with Crippen LogP contribution in [0.5, 0.6) is 40.2 Å². The maximum atomic E-state index is 6.57. The number of thioether (sulfide) groups is 7. The van der Waals surface area contributed by atoms with E-state index in [1.807, 2.05) is 0 Å². The Morgan fingerprint density at radius 2 is 0.275 bits per heavy atom. The molecule has 0 aliphatic carbocycles. The first-order chi connectivity index (χ1) is 44.4. The Bertz CT molecular complexity index is 2730. The van der Waals surface area contributed by atoms with Gasteiger partial charge in [0, 0.05) is 112 Å². The van der Waals surface area contributed by atoms with Crippen molar-refractivity contribution < 1.29 is 66.3 Å². The second-order valence-electron chi connectivity index (χ2n) is 20.8. The first-order valence-corrected chi connectivity index (χ1v) is 37.7. The lowest BCUT2D eigenvalue weighted by atomic mass is 10.1. The van der Waals surface area contributed by atoms with Gasteiger partial charge in [0.1, 0.15) is 40.2 Å². The number of ether oxygens (including phenoxy) is 14. The van der Waals surface area contributed by atoms with Gasteiger partial charge in [-0.05, 0) is 129 Å². The molecular weight excluding hydrogens is 1290 g/mol. The molecule has 7 aromatic rings. The van der Waals surface area contributed by atoms with Crippen molar-refractivity contribution in [3.05, 3.63) is 163 Å². The zero-order valence-electron chi connectivity index (χ0n) is 54.6. The molecule has 1 heterocycles. The summed E-state index contributed by atoms with van der Waals surface area (Å²) in [6, 6.07) is 29.6. The van der Waals surface area contributed by atoms with Gasteiger partial charge in [0.2, 0.25) is 0 Å². The lowest BCUT2D eigenvalue weighted by Crippen LogP contribution is -2.07. The van der Waals surface area contributed by atoms with E-state index >= 15 is 0 Å². The summed E-state index contributed by atoms with van der Waals surface area (Å²) in [5.41, 5.74) is 12.7. The van der Waals surface area contributed by atoms with Crippen LogP contribution in [0.15, 0.2) is 119 Å². The summed E-state index contributed by atoms with van der Waals surface area (Å²) in [6.45, 7) is 4.00. The molecule has 0 atom stereocenters. The van der Waals surface area contributed by atoms with E-state index in [4.69, 9.17) is 66.3 Å². The van der Waals surface area contributed by atoms with E-state index in [9.17, 15) is 0 Å². The first-order valence-electron chi connectivity index (χ1n) is 29.1. The fourth-order valence-corrected chi connectivity index (χ4v) is 14.8. The fourth-order valence-electron chi connectivity index (χ4n) is 11.1. The number of rotatable bonds is 14. The van der Waals surface area contributed by atoms with Gasteiger partial charge in [0.05, 0.1) is 142 Å². The Kier molecular flexibility index (Phi) is 29.2. The van der Waals surface area contributed by atoms with Crippen LogP contribution in [0.3, 0.4) is 0 Å². The third-order valence-electron chi connectivity index (χ3n) is 15.2. The van der Waals surface area contributed by atoms with Gasteiger partial charge < -0.3 is 66.3 Å². The highest BCUT2D eigenvalue weighted by molar-refractivity contribution is 7.99. The highest BCUT2D eigenvalue weighted by Crippen LogP contribution is 2.40. The molecular formula is C70H84O14S7. The Balaban J connectivity index is 1.12. The largest absolute Gasteiger partial charge is 0.496 e. The number of hydrogen-bond donors (Lipinski definition) is 0. The summed E-state index contributed by atoms with van der Waals surface area (Å²) < 4.78 is 88.9. The van der Waals surface area contributed by atoms with E-state index in [1.165, 1.54) is 0 Å². The van der Waals surface area contributed by atoms with Crippen LogP contribution >= 0.6 is 82.3 Å². The molecule has 21 heteroatoms. The van der Waals surface area contributed by atoms with E-state index in [1.54, 1.807) is 132 Å². The van der Waals surface area contributed by atoms with Gasteiger partial charge in [0.25, 0.3) is 0 Å². The van der Waals surface area contributed by atoms with Crippen molar-refractivity contribution >= 4 is 82.3 Å². The summed E-state index contributed by atoms with van der Waals surface area (Å²) in [6.07, 6.45) is 14.4. The molecule has 0 spiro atoms. The molecule has 14 nitrogen and oxygen atoms in total. The van der Waals surface area contributed by atoms with E-state index in [0.717, 1.165) is 112 Å². The van der Waals surface area contributed by atoms with E-state index in [-0.39, 0.29) is 92.5 Å². The standard InChI is InChI=1S/C70H84O14S7/c1-71-64-43-15-57(85-8)16-44(64)30-79-32-46-18-59(87-10)20-48(66(46)73-3)34-81-36-50-22-61(89-12)24-52(68(50)75-5)38-83-40-54-26-63(91-14)28-56(70(54)77-7)42-84-41-55-27-62(90-13)25-53(69(55)76-6)39-82-37-51-23-60(88-11)21-49(67(51)74-4)35-80-33-47-19-58(86-9)17-45(31-78-29-43)65(47)72-2/h15-28H,29-42H2,1-14H3. The second-order valence-corrected chi connectivity index (χ2v) is 27.0. The highest BCUT2D eigenvalue weighted by Gasteiger charge is 2.22. The molecule has 14 bridgehead atoms.